The molecule has 0 bridgehead atoms. The SMILES string of the molecule is Cc1c(O)c(Br)c(C)c(C=NNC(=O)/C(=C/c2ccc([N+](=O)[O-])cc2)NC(=O)c2ccccc2Cl)c1O. The van der Waals surface area contributed by atoms with Gasteiger partial charge >= 0.3 is 0 Å². The third kappa shape index (κ3) is 6.32. The van der Waals surface area contributed by atoms with Crippen LogP contribution in [-0.4, -0.2) is 33.2 Å². The predicted molar refractivity (Wildman–Crippen MR) is 143 cm³/mol. The Morgan fingerprint density at radius 3 is 2.32 bits per heavy atom. The number of nitrogens with zero attached hydrogens (tertiary/aromatic N) is 2. The number of aromatic hydroxyl groups is 2. The summed E-state index contributed by atoms with van der Waals surface area (Å²) >= 11 is 9.34. The number of halogens is 2. The molecule has 0 heterocycles. The summed E-state index contributed by atoms with van der Waals surface area (Å²) in [5.41, 5.74) is 3.39. The van der Waals surface area contributed by atoms with Crippen molar-refractivity contribution in [1.82, 2.24) is 10.7 Å². The van der Waals surface area contributed by atoms with Gasteiger partial charge in [-0.15, -0.1) is 0 Å². The number of phenolic OH excluding ortho intramolecular Hbond substituents is 2. The van der Waals surface area contributed by atoms with E-state index in [0.717, 1.165) is 0 Å². The van der Waals surface area contributed by atoms with Crippen molar-refractivity contribution in [1.29, 1.82) is 0 Å². The van der Waals surface area contributed by atoms with Crippen molar-refractivity contribution >= 4 is 57.3 Å². The zero-order valence-corrected chi connectivity index (χ0v) is 21.8. The van der Waals surface area contributed by atoms with E-state index in [-0.39, 0.29) is 44.6 Å². The maximum absolute atomic E-state index is 13.0. The number of phenols is 2. The first-order chi connectivity index (χ1) is 17.5. The molecule has 0 aliphatic carbocycles. The lowest BCUT2D eigenvalue weighted by Crippen LogP contribution is -2.33. The highest BCUT2D eigenvalue weighted by atomic mass is 79.9. The molecule has 0 spiro atoms. The van der Waals surface area contributed by atoms with Gasteiger partial charge in [-0.05, 0) is 71.2 Å². The van der Waals surface area contributed by atoms with Crippen LogP contribution in [0.4, 0.5) is 5.69 Å². The van der Waals surface area contributed by atoms with Crippen LogP contribution in [0.15, 0.2) is 63.8 Å². The molecule has 0 unspecified atom stereocenters. The Hall–Kier alpha value is -4.22. The quantitative estimate of drug-likeness (QED) is 0.133. The summed E-state index contributed by atoms with van der Waals surface area (Å²) in [6.07, 6.45) is 2.51. The highest BCUT2D eigenvalue weighted by Gasteiger charge is 2.18. The average molecular weight is 588 g/mol. The zero-order valence-electron chi connectivity index (χ0n) is 19.5. The van der Waals surface area contributed by atoms with E-state index >= 15 is 0 Å². The van der Waals surface area contributed by atoms with Gasteiger partial charge in [0.15, 0.2) is 0 Å². The molecule has 37 heavy (non-hydrogen) atoms. The normalized spacial score (nSPS) is 11.4. The Balaban J connectivity index is 1.92. The zero-order chi connectivity index (χ0) is 27.3. The molecule has 190 valence electrons. The lowest BCUT2D eigenvalue weighted by atomic mass is 10.0. The number of carbonyl (C=O) groups excluding carboxylic acids is 2. The van der Waals surface area contributed by atoms with Crippen LogP contribution in [-0.2, 0) is 4.79 Å². The fourth-order valence-corrected chi connectivity index (χ4v) is 3.91. The molecule has 2 amide bonds. The van der Waals surface area contributed by atoms with Gasteiger partial charge in [0, 0.05) is 23.3 Å². The second-order valence-corrected chi connectivity index (χ2v) is 8.91. The van der Waals surface area contributed by atoms with Gasteiger partial charge in [-0.25, -0.2) is 5.43 Å². The summed E-state index contributed by atoms with van der Waals surface area (Å²) in [6, 6.07) is 11.6. The van der Waals surface area contributed by atoms with Gasteiger partial charge in [0.1, 0.15) is 17.2 Å². The Kier molecular flexibility index (Phi) is 8.64. The van der Waals surface area contributed by atoms with Crippen LogP contribution in [0.2, 0.25) is 5.02 Å². The molecule has 3 aromatic carbocycles. The van der Waals surface area contributed by atoms with Crippen molar-refractivity contribution in [2.45, 2.75) is 13.8 Å². The molecule has 12 heteroatoms. The van der Waals surface area contributed by atoms with Crippen LogP contribution in [0.5, 0.6) is 11.5 Å². The minimum absolute atomic E-state index is 0.119. The van der Waals surface area contributed by atoms with E-state index in [1.165, 1.54) is 55.6 Å². The number of rotatable bonds is 7. The van der Waals surface area contributed by atoms with Gasteiger partial charge in [-0.2, -0.15) is 5.10 Å². The van der Waals surface area contributed by atoms with Crippen LogP contribution >= 0.6 is 27.5 Å². The lowest BCUT2D eigenvalue weighted by molar-refractivity contribution is -0.384. The molecular formula is C25H20BrClN4O6. The number of non-ortho nitro benzene ring substituents is 1. The van der Waals surface area contributed by atoms with Crippen molar-refractivity contribution in [2.24, 2.45) is 5.10 Å². The molecule has 4 N–H and O–H groups in total. The van der Waals surface area contributed by atoms with Crippen molar-refractivity contribution in [2.75, 3.05) is 0 Å². The van der Waals surface area contributed by atoms with E-state index in [0.29, 0.717) is 15.6 Å². The first-order valence-corrected chi connectivity index (χ1v) is 11.7. The van der Waals surface area contributed by atoms with Crippen LogP contribution in [0.1, 0.15) is 32.6 Å². The Labute approximate surface area is 224 Å². The molecule has 10 nitrogen and oxygen atoms in total. The molecule has 0 aromatic heterocycles. The van der Waals surface area contributed by atoms with Gasteiger partial charge in [-0.1, -0.05) is 23.7 Å². The molecule has 0 atom stereocenters. The van der Waals surface area contributed by atoms with E-state index in [2.05, 4.69) is 31.8 Å². The number of nitrogens with one attached hydrogen (secondary N) is 2. The van der Waals surface area contributed by atoms with Gasteiger partial charge in [0.2, 0.25) is 0 Å². The number of nitro groups is 1. The standard InChI is InChI=1S/C25H20BrClN4O6/c1-13-18(22(32)14(2)23(33)21(13)26)12-28-30-25(35)20(11-15-7-9-16(10-8-15)31(36)37)29-24(34)17-5-3-4-6-19(17)27/h3-12,32-33H,1-2H3,(H,29,34)(H,30,35)/b20-11-,28-12?. The minimum atomic E-state index is -0.818. The fraction of sp³-hybridized carbons (Fsp3) is 0.0800. The smallest absolute Gasteiger partial charge is 0.287 e. The number of carbonyl (C=O) groups is 2. The summed E-state index contributed by atoms with van der Waals surface area (Å²) < 4.78 is 0.362. The largest absolute Gasteiger partial charge is 0.507 e. The molecule has 0 saturated carbocycles. The molecule has 0 radical (unpaired) electrons. The van der Waals surface area contributed by atoms with Crippen LogP contribution in [0.3, 0.4) is 0 Å². The summed E-state index contributed by atoms with van der Waals surface area (Å²) in [6.45, 7) is 3.15. The highest BCUT2D eigenvalue weighted by molar-refractivity contribution is 9.10. The van der Waals surface area contributed by atoms with E-state index in [1.54, 1.807) is 19.1 Å². The number of hydrogen-bond donors (Lipinski definition) is 4. The topological polar surface area (TPSA) is 154 Å². The predicted octanol–water partition coefficient (Wildman–Crippen LogP) is 4.96. The van der Waals surface area contributed by atoms with E-state index in [9.17, 15) is 29.9 Å². The van der Waals surface area contributed by atoms with E-state index < -0.39 is 16.7 Å². The molecule has 3 aromatic rings. The third-order valence-electron chi connectivity index (χ3n) is 5.29. The molecule has 3 rings (SSSR count). The second kappa shape index (κ2) is 11.7. The first kappa shape index (κ1) is 27.4. The number of amides is 2. The molecule has 0 saturated heterocycles. The Bertz CT molecular complexity index is 1430. The molecule has 0 aliphatic rings. The Morgan fingerprint density at radius 2 is 1.70 bits per heavy atom. The summed E-state index contributed by atoms with van der Waals surface area (Å²) in [5, 5.41) is 37.9. The van der Waals surface area contributed by atoms with Gasteiger partial charge in [0.25, 0.3) is 17.5 Å². The second-order valence-electron chi connectivity index (χ2n) is 7.71. The monoisotopic (exact) mass is 586 g/mol. The number of hydrogen-bond acceptors (Lipinski definition) is 7. The van der Waals surface area contributed by atoms with Gasteiger partial charge in [0.05, 0.1) is 26.2 Å². The van der Waals surface area contributed by atoms with E-state index in [4.69, 9.17) is 11.6 Å². The van der Waals surface area contributed by atoms with Crippen molar-refractivity contribution < 1.29 is 24.7 Å². The van der Waals surface area contributed by atoms with Crippen LogP contribution in [0, 0.1) is 24.0 Å². The van der Waals surface area contributed by atoms with Crippen molar-refractivity contribution in [3.8, 4) is 11.5 Å². The summed E-state index contributed by atoms with van der Waals surface area (Å²) in [5.74, 6) is -1.82. The third-order valence-corrected chi connectivity index (χ3v) is 6.59. The average Bonchev–Trinajstić information content (AvgIpc) is 2.88. The minimum Gasteiger partial charge on any atom is -0.507 e. The van der Waals surface area contributed by atoms with Gasteiger partial charge in [-0.3, -0.25) is 19.7 Å². The number of benzene rings is 3. The molecular weight excluding hydrogens is 568 g/mol. The number of hydrazone groups is 1. The Morgan fingerprint density at radius 1 is 1.05 bits per heavy atom. The van der Waals surface area contributed by atoms with E-state index in [1.807, 2.05) is 0 Å². The maximum atomic E-state index is 13.0. The van der Waals surface area contributed by atoms with Crippen molar-refractivity contribution in [3.63, 3.8) is 0 Å². The van der Waals surface area contributed by atoms with Crippen molar-refractivity contribution in [3.05, 3.63) is 102 Å². The van der Waals surface area contributed by atoms with Crippen LogP contribution < -0.4 is 10.7 Å². The fourth-order valence-electron chi connectivity index (χ4n) is 3.18. The highest BCUT2D eigenvalue weighted by Crippen LogP contribution is 2.39. The molecule has 0 aliphatic heterocycles. The molecule has 0 fully saturated rings. The summed E-state index contributed by atoms with van der Waals surface area (Å²) in [7, 11) is 0. The lowest BCUT2D eigenvalue weighted by Gasteiger charge is -2.12. The number of nitro benzene ring substituents is 1. The van der Waals surface area contributed by atoms with Gasteiger partial charge < -0.3 is 15.5 Å². The first-order valence-electron chi connectivity index (χ1n) is 10.6. The maximum Gasteiger partial charge on any atom is 0.287 e. The summed E-state index contributed by atoms with van der Waals surface area (Å²) in [4.78, 5) is 36.1. The van der Waals surface area contributed by atoms with Crippen LogP contribution in [0.25, 0.3) is 6.08 Å².